The van der Waals surface area contributed by atoms with E-state index in [9.17, 15) is 26.4 Å². The molecule has 22 heavy (non-hydrogen) atoms. The third kappa shape index (κ3) is 5.62. The van der Waals surface area contributed by atoms with Crippen molar-refractivity contribution in [3.8, 4) is 0 Å². The smallest absolute Gasteiger partial charge is 0.417 e. The molecule has 2 N–H and O–H groups in total. The van der Waals surface area contributed by atoms with Gasteiger partial charge in [-0.1, -0.05) is 12.1 Å². The molecule has 0 radical (unpaired) electrons. The zero-order valence-corrected chi connectivity index (χ0v) is 12.1. The summed E-state index contributed by atoms with van der Waals surface area (Å²) >= 11 is 0. The van der Waals surface area contributed by atoms with Crippen LogP contribution in [0.3, 0.4) is 0 Å². The number of aliphatic carboxylic acids is 1. The average molecular weight is 341 g/mol. The fourth-order valence-corrected chi connectivity index (χ4v) is 2.93. The lowest BCUT2D eigenvalue weighted by Crippen LogP contribution is -2.28. The van der Waals surface area contributed by atoms with Gasteiger partial charge in [-0.25, -0.2) is 13.2 Å². The molecule has 0 heterocycles. The number of ether oxygens (including phenoxy) is 1. The Hall–Kier alpha value is -1.65. The van der Waals surface area contributed by atoms with Crippen LogP contribution in [0.15, 0.2) is 29.2 Å². The van der Waals surface area contributed by atoms with Crippen LogP contribution in [0.2, 0.25) is 0 Å². The second-order valence-electron chi connectivity index (χ2n) is 4.20. The molecule has 1 aromatic rings. The zero-order valence-electron chi connectivity index (χ0n) is 11.3. The minimum atomic E-state index is -4.77. The Balaban J connectivity index is 2.66. The van der Waals surface area contributed by atoms with Crippen molar-refractivity contribution in [3.05, 3.63) is 29.8 Å². The van der Waals surface area contributed by atoms with Crippen LogP contribution in [0.1, 0.15) is 5.56 Å². The maximum absolute atomic E-state index is 12.8. The van der Waals surface area contributed by atoms with E-state index in [0.29, 0.717) is 6.07 Å². The molecule has 0 spiro atoms. The third-order valence-electron chi connectivity index (χ3n) is 2.47. The van der Waals surface area contributed by atoms with Gasteiger partial charge in [0, 0.05) is 6.54 Å². The van der Waals surface area contributed by atoms with Crippen LogP contribution in [0.4, 0.5) is 13.2 Å². The summed E-state index contributed by atoms with van der Waals surface area (Å²) < 4.78 is 66.9. The molecule has 1 aromatic carbocycles. The minimum Gasteiger partial charge on any atom is -0.480 e. The molecule has 10 heteroatoms. The molecule has 6 nitrogen and oxygen atoms in total. The van der Waals surface area contributed by atoms with Crippen molar-refractivity contribution in [2.24, 2.45) is 0 Å². The van der Waals surface area contributed by atoms with Gasteiger partial charge in [-0.15, -0.1) is 0 Å². The number of rotatable bonds is 8. The van der Waals surface area contributed by atoms with Crippen molar-refractivity contribution < 1.29 is 36.2 Å². The average Bonchev–Trinajstić information content (AvgIpc) is 2.41. The second kappa shape index (κ2) is 7.56. The highest BCUT2D eigenvalue weighted by molar-refractivity contribution is 7.91. The lowest BCUT2D eigenvalue weighted by molar-refractivity contribution is -0.142. The number of hydrogen-bond donors (Lipinski definition) is 2. The van der Waals surface area contributed by atoms with E-state index < -0.39 is 44.9 Å². The van der Waals surface area contributed by atoms with Gasteiger partial charge < -0.3 is 15.2 Å². The maximum atomic E-state index is 12.8. The summed E-state index contributed by atoms with van der Waals surface area (Å²) in [4.78, 5) is 9.36. The lowest BCUT2D eigenvalue weighted by atomic mass is 10.2. The Morgan fingerprint density at radius 2 is 1.91 bits per heavy atom. The molecule has 0 amide bonds. The van der Waals surface area contributed by atoms with Crippen LogP contribution in [0.25, 0.3) is 0 Å². The highest BCUT2D eigenvalue weighted by Crippen LogP contribution is 2.34. The summed E-state index contributed by atoms with van der Waals surface area (Å²) in [5, 5.41) is 10.7. The number of benzene rings is 1. The van der Waals surface area contributed by atoms with Crippen molar-refractivity contribution in [2.75, 3.05) is 25.6 Å². The first-order valence-electron chi connectivity index (χ1n) is 6.04. The van der Waals surface area contributed by atoms with Crippen molar-refractivity contribution >= 4 is 15.8 Å². The highest BCUT2D eigenvalue weighted by Gasteiger charge is 2.36. The van der Waals surface area contributed by atoms with Crippen LogP contribution in [0, 0.1) is 0 Å². The Bertz CT molecular complexity index is 615. The number of carbonyl (C=O) groups is 1. The molecule has 0 saturated heterocycles. The van der Waals surface area contributed by atoms with Crippen molar-refractivity contribution in [3.63, 3.8) is 0 Å². The third-order valence-corrected chi connectivity index (χ3v) is 4.08. The topological polar surface area (TPSA) is 92.7 Å². The van der Waals surface area contributed by atoms with E-state index >= 15 is 0 Å². The molecule has 0 aromatic heterocycles. The Morgan fingerprint density at radius 1 is 1.27 bits per heavy atom. The molecule has 0 fully saturated rings. The number of carboxylic acids is 1. The van der Waals surface area contributed by atoms with Crippen molar-refractivity contribution in [1.82, 2.24) is 5.32 Å². The van der Waals surface area contributed by atoms with Crippen LogP contribution in [0.5, 0.6) is 0 Å². The van der Waals surface area contributed by atoms with Crippen LogP contribution in [-0.2, 0) is 25.5 Å². The molecule has 0 aliphatic heterocycles. The van der Waals surface area contributed by atoms with Gasteiger partial charge in [0.1, 0.15) is 12.5 Å². The van der Waals surface area contributed by atoms with Gasteiger partial charge in [-0.05, 0) is 12.1 Å². The number of hydrogen-bond acceptors (Lipinski definition) is 5. The minimum absolute atomic E-state index is 0.0132. The predicted molar refractivity (Wildman–Crippen MR) is 70.0 cm³/mol. The standard InChI is InChI=1S/C12H14F3NO5S/c13-12(14,15)9-3-1-2-4-10(9)22(19,20)8-16-5-6-21-7-11(17)18/h1-4,16H,5-8H2,(H,17,18). The van der Waals surface area contributed by atoms with E-state index in [1.807, 2.05) is 0 Å². The monoisotopic (exact) mass is 341 g/mol. The van der Waals surface area contributed by atoms with Gasteiger partial charge in [0.25, 0.3) is 0 Å². The van der Waals surface area contributed by atoms with Gasteiger partial charge in [-0.2, -0.15) is 13.2 Å². The molecule has 0 bridgehead atoms. The zero-order chi connectivity index (χ0) is 16.8. The SMILES string of the molecule is O=C(O)COCCNCS(=O)(=O)c1ccccc1C(F)(F)F. The van der Waals surface area contributed by atoms with Crippen LogP contribution < -0.4 is 5.32 Å². The maximum Gasteiger partial charge on any atom is 0.417 e. The number of sulfone groups is 1. The van der Waals surface area contributed by atoms with Crippen molar-refractivity contribution in [2.45, 2.75) is 11.1 Å². The van der Waals surface area contributed by atoms with E-state index in [4.69, 9.17) is 5.11 Å². The Kier molecular flexibility index (Phi) is 6.33. The largest absolute Gasteiger partial charge is 0.480 e. The van der Waals surface area contributed by atoms with Gasteiger partial charge in [0.05, 0.1) is 17.1 Å². The van der Waals surface area contributed by atoms with Gasteiger partial charge in [-0.3, -0.25) is 0 Å². The van der Waals surface area contributed by atoms with E-state index in [1.165, 1.54) is 6.07 Å². The summed E-state index contributed by atoms with van der Waals surface area (Å²) in [6.45, 7) is -0.630. The quantitative estimate of drug-likeness (QED) is 0.689. The fourth-order valence-electron chi connectivity index (χ4n) is 1.56. The summed E-state index contributed by atoms with van der Waals surface area (Å²) in [5.74, 6) is -1.89. The lowest BCUT2D eigenvalue weighted by Gasteiger charge is -2.13. The van der Waals surface area contributed by atoms with E-state index in [0.717, 1.165) is 12.1 Å². The molecule has 0 saturated carbocycles. The van der Waals surface area contributed by atoms with Crippen LogP contribution >= 0.6 is 0 Å². The molecule has 1 rings (SSSR count). The Morgan fingerprint density at radius 3 is 2.50 bits per heavy atom. The Labute approximate surface area is 124 Å². The molecule has 0 aliphatic carbocycles. The number of halogens is 3. The highest BCUT2D eigenvalue weighted by atomic mass is 32.2. The van der Waals surface area contributed by atoms with E-state index in [2.05, 4.69) is 10.1 Å². The van der Waals surface area contributed by atoms with Gasteiger partial charge in [0.2, 0.25) is 0 Å². The van der Waals surface area contributed by atoms with Gasteiger partial charge >= 0.3 is 12.1 Å². The van der Waals surface area contributed by atoms with Gasteiger partial charge in [0.15, 0.2) is 9.84 Å². The summed E-state index contributed by atoms with van der Waals surface area (Å²) in [5.41, 5.74) is -1.22. The first-order chi connectivity index (χ1) is 10.1. The molecule has 0 aliphatic rings. The first kappa shape index (κ1) is 18.4. The molecular weight excluding hydrogens is 327 g/mol. The first-order valence-corrected chi connectivity index (χ1v) is 7.69. The molecular formula is C12H14F3NO5S. The number of carboxylic acid groups (broad SMARTS) is 1. The number of nitrogens with one attached hydrogen (secondary N) is 1. The summed E-state index contributed by atoms with van der Waals surface area (Å²) in [6.07, 6.45) is -4.77. The molecule has 124 valence electrons. The summed E-state index contributed by atoms with van der Waals surface area (Å²) in [7, 11) is -4.18. The molecule has 0 unspecified atom stereocenters. The van der Waals surface area contributed by atoms with Crippen molar-refractivity contribution in [1.29, 1.82) is 0 Å². The van der Waals surface area contributed by atoms with Crippen LogP contribution in [-0.4, -0.2) is 45.1 Å². The molecule has 0 atom stereocenters. The fraction of sp³-hybridized carbons (Fsp3) is 0.417. The predicted octanol–water partition coefficient (Wildman–Crippen LogP) is 1.13. The summed E-state index contributed by atoms with van der Waals surface area (Å²) in [6, 6.07) is 3.90. The normalized spacial score (nSPS) is 12.3. The second-order valence-corrected chi connectivity index (χ2v) is 6.16. The van der Waals surface area contributed by atoms with E-state index in [1.54, 1.807) is 0 Å². The number of alkyl halides is 3. The van der Waals surface area contributed by atoms with E-state index in [-0.39, 0.29) is 13.2 Å².